The maximum Gasteiger partial charge on any atom is 0.305 e. The highest BCUT2D eigenvalue weighted by atomic mass is 33.1. The lowest BCUT2D eigenvalue weighted by molar-refractivity contribution is -0.148. The van der Waals surface area contributed by atoms with Gasteiger partial charge in [-0.05, 0) is 82.4 Å². The molecule has 18 amide bonds. The number of aliphatic hydroxyl groups excluding tert-OH is 1. The SMILES string of the molecule is CC(C)C[C@@H]1NC(=O)C(CO)NC(=O)[C@@H]2CSSC[C@@H](C(N)=O)NC(=O)[C@H](Cc3ccc(O)cc3)NC(=O)C(CC(=O)O)NC(=O)[C@@H]3CCCN3C(=O)[C@H](CC(N)=O)NC(=O)[C@H](CC(N)=O)NC(=O)[C@H](C)NC(=O)[C@H](C)NC(=O)[C@H](CSSC[C@H](NC(=O)CN)C(=O)N2)NC(=O)[C@@H]2CCCN2C(=O)[C@@H]2CCCN2C1=O. The Kier molecular flexibility index (Phi) is 34.4. The third kappa shape index (κ3) is 26.2. The highest BCUT2D eigenvalue weighted by Crippen LogP contribution is 2.30. The van der Waals surface area contributed by atoms with Gasteiger partial charge in [-0.3, -0.25) is 91.1 Å². The van der Waals surface area contributed by atoms with Crippen molar-refractivity contribution < 1.29 is 106 Å². The average molecular weight is 1620 g/mol. The number of amides is 18. The van der Waals surface area contributed by atoms with Gasteiger partial charge in [-0.25, -0.2) is 0 Å². The Bertz CT molecular complexity index is 3640. The number of aromatic hydroxyl groups is 1. The normalized spacial score (nSPS) is 28.7. The van der Waals surface area contributed by atoms with Crippen molar-refractivity contribution in [2.24, 2.45) is 28.9 Å². The summed E-state index contributed by atoms with van der Waals surface area (Å²) in [5, 5.41) is 59.8. The molecule has 5 aliphatic rings. The molecule has 1 aromatic rings. The zero-order valence-corrected chi connectivity index (χ0v) is 63.8. The Balaban J connectivity index is 1.44. The summed E-state index contributed by atoms with van der Waals surface area (Å²) in [6.45, 7) is 3.84. The van der Waals surface area contributed by atoms with E-state index in [-0.39, 0.29) is 69.0 Å². The zero-order chi connectivity index (χ0) is 81.4. The number of carbonyl (C=O) groups excluding carboxylic acids is 18. The van der Waals surface area contributed by atoms with E-state index >= 15 is 0 Å². The lowest BCUT2D eigenvalue weighted by Gasteiger charge is -2.34. The van der Waals surface area contributed by atoms with Crippen LogP contribution in [-0.4, -0.2) is 289 Å². The minimum atomic E-state index is -2.05. The molecule has 41 nitrogen and oxygen atoms in total. The number of carboxylic acids is 1. The number of aliphatic hydroxyl groups is 1. The second-order valence-electron chi connectivity index (χ2n) is 27.1. The summed E-state index contributed by atoms with van der Waals surface area (Å²) in [5.41, 5.74) is 22.8. The molecule has 15 atom stereocenters. The summed E-state index contributed by atoms with van der Waals surface area (Å²) < 4.78 is 0. The van der Waals surface area contributed by atoms with Gasteiger partial charge in [-0.2, -0.15) is 0 Å². The van der Waals surface area contributed by atoms with E-state index in [9.17, 15) is 106 Å². The van der Waals surface area contributed by atoms with E-state index in [0.29, 0.717) is 12.8 Å². The Labute approximate surface area is 646 Å². The molecule has 6 rings (SSSR count). The predicted molar refractivity (Wildman–Crippen MR) is 395 cm³/mol. The highest BCUT2D eigenvalue weighted by molar-refractivity contribution is 8.77. The van der Waals surface area contributed by atoms with Crippen molar-refractivity contribution in [1.82, 2.24) is 78.5 Å². The first kappa shape index (κ1) is 89.2. The van der Waals surface area contributed by atoms with Crippen molar-refractivity contribution in [3.05, 3.63) is 29.8 Å². The van der Waals surface area contributed by atoms with Crippen molar-refractivity contribution in [3.8, 4) is 5.75 Å². The summed E-state index contributed by atoms with van der Waals surface area (Å²) >= 11 is 0. The molecular weight excluding hydrogens is 1530 g/mol. The minimum absolute atomic E-state index is 0.0289. The second kappa shape index (κ2) is 42.5. The summed E-state index contributed by atoms with van der Waals surface area (Å²) in [6, 6.07) is -19.5. The Morgan fingerprint density at radius 3 is 1.45 bits per heavy atom. The van der Waals surface area contributed by atoms with Crippen molar-refractivity contribution >= 4 is 155 Å². The molecule has 0 saturated carbocycles. The van der Waals surface area contributed by atoms with Gasteiger partial charge in [0, 0.05) is 49.1 Å². The van der Waals surface area contributed by atoms with Crippen LogP contribution in [0.25, 0.3) is 0 Å². The Morgan fingerprint density at radius 2 is 0.900 bits per heavy atom. The molecule has 2 unspecified atom stereocenters. The van der Waals surface area contributed by atoms with Crippen LogP contribution in [-0.2, 0) is 97.5 Å². The smallest absolute Gasteiger partial charge is 0.305 e. The monoisotopic (exact) mass is 1620 g/mol. The molecule has 0 spiro atoms. The molecule has 5 fully saturated rings. The van der Waals surface area contributed by atoms with Crippen molar-refractivity contribution in [2.45, 2.75) is 189 Å². The fourth-order valence-electron chi connectivity index (χ4n) is 12.4. The molecule has 0 aromatic heterocycles. The number of hydrogen-bond donors (Lipinski definition) is 19. The van der Waals surface area contributed by atoms with Gasteiger partial charge in [0.15, 0.2) is 0 Å². The summed E-state index contributed by atoms with van der Waals surface area (Å²) in [6.07, 6.45) is -2.87. The number of carboxylic acid groups (broad SMARTS) is 1. The van der Waals surface area contributed by atoms with E-state index in [4.69, 9.17) is 22.9 Å². The van der Waals surface area contributed by atoms with Crippen LogP contribution in [0.3, 0.4) is 0 Å². The number of aliphatic carboxylic acids is 1. The zero-order valence-electron chi connectivity index (χ0n) is 60.6. The maximum absolute atomic E-state index is 14.7. The Morgan fingerprint density at radius 1 is 0.482 bits per heavy atom. The standard InChI is InChI=1S/C65H95N19O22S4/c1-29(2)18-37-63(104)84-17-7-10-46(84)65(106)83-16-6-9-45(83)62(103)81-42-27-110-108-26-41(72-49(89)23-66)59(100)80-43(60(101)78-39(24-85)57(98)76-37)28-109-107-25-40(51(69)92)79-54(95)34(19-32-11-13-33(86)14-12-32)74-56(97)36(22-50(90)91)75-61(102)44-8-5-15-82(44)64(105)38(21-48(68)88)77-55(96)35(20-47(67)87)73-53(94)31(4)70-52(93)30(3)71-58(42)99/h11-14,29-31,34-46,85-86H,5-10,15-28,66H2,1-4H3,(H2,67,87)(H2,68,88)(H2,69,92)(H,70,93)(H,71,99)(H,72,89)(H,73,94)(H,74,97)(H,75,102)(H,76,98)(H,77,96)(H,78,101)(H,79,95)(H,80,100)(H,81,103)(H,90,91)/t30-,31-,34-,35-,36?,37-,38-,39?,40-,41-,42-,43-,44-,45-,46-/m0/s1. The molecule has 23 N–H and O–H groups in total. The van der Waals surface area contributed by atoms with Gasteiger partial charge in [-0.1, -0.05) is 69.2 Å². The van der Waals surface area contributed by atoms with E-state index in [1.54, 1.807) is 13.8 Å². The van der Waals surface area contributed by atoms with Crippen molar-refractivity contribution in [3.63, 3.8) is 0 Å². The topological polar surface area (TPSA) is 643 Å². The van der Waals surface area contributed by atoms with Crippen LogP contribution in [0, 0.1) is 5.92 Å². The lowest BCUT2D eigenvalue weighted by atomic mass is 10.0. The van der Waals surface area contributed by atoms with Gasteiger partial charge < -0.3 is 117 Å². The van der Waals surface area contributed by atoms with Crippen LogP contribution >= 0.6 is 43.2 Å². The number of nitrogens with two attached hydrogens (primary N) is 4. The molecule has 0 radical (unpaired) electrons. The van der Waals surface area contributed by atoms with E-state index < -0.39 is 265 Å². The summed E-state index contributed by atoms with van der Waals surface area (Å²) in [4.78, 5) is 269. The first-order chi connectivity index (χ1) is 52.0. The summed E-state index contributed by atoms with van der Waals surface area (Å²) in [7, 11) is 3.23. The third-order valence-electron chi connectivity index (χ3n) is 18.1. The van der Waals surface area contributed by atoms with Crippen LogP contribution in [0.4, 0.5) is 0 Å². The second-order valence-corrected chi connectivity index (χ2v) is 32.2. The number of primary amides is 3. The number of phenolic OH excluding ortho intramolecular Hbond substituents is 1. The van der Waals surface area contributed by atoms with E-state index in [1.807, 2.05) is 0 Å². The fraction of sp³-hybridized carbons (Fsp3) is 0.615. The van der Waals surface area contributed by atoms with Crippen LogP contribution in [0.1, 0.15) is 97.5 Å². The van der Waals surface area contributed by atoms with Crippen LogP contribution < -0.4 is 86.7 Å². The quantitative estimate of drug-likeness (QED) is 0.0769. The Hall–Kier alpha value is -9.73. The molecule has 5 aliphatic heterocycles. The van der Waals surface area contributed by atoms with Crippen molar-refractivity contribution in [2.75, 3.05) is 55.8 Å². The largest absolute Gasteiger partial charge is 0.508 e. The number of rotatable bonds is 14. The number of nitrogens with zero attached hydrogens (tertiary/aromatic N) is 3. The van der Waals surface area contributed by atoms with Gasteiger partial charge >= 0.3 is 5.97 Å². The van der Waals surface area contributed by atoms with Gasteiger partial charge in [0.25, 0.3) is 0 Å². The van der Waals surface area contributed by atoms with Gasteiger partial charge in [0.2, 0.25) is 106 Å². The molecule has 0 aliphatic carbocycles. The third-order valence-corrected chi connectivity index (χ3v) is 22.9. The molecule has 2 bridgehead atoms. The highest BCUT2D eigenvalue weighted by Gasteiger charge is 2.46. The van der Waals surface area contributed by atoms with Gasteiger partial charge in [-0.15, -0.1) is 0 Å². The van der Waals surface area contributed by atoms with Crippen molar-refractivity contribution in [1.29, 1.82) is 0 Å². The van der Waals surface area contributed by atoms with E-state index in [1.165, 1.54) is 41.0 Å². The van der Waals surface area contributed by atoms with E-state index in [2.05, 4.69) is 63.8 Å². The first-order valence-corrected chi connectivity index (χ1v) is 40.2. The molecular formula is C65H95N19O22S4. The first-order valence-electron chi connectivity index (χ1n) is 35.2. The fourth-order valence-corrected chi connectivity index (χ4v) is 17.0. The van der Waals surface area contributed by atoms with Gasteiger partial charge in [0.05, 0.1) is 32.4 Å². The number of fused-ring (bicyclic) bond motifs is 11. The van der Waals surface area contributed by atoms with Crippen LogP contribution in [0.5, 0.6) is 5.75 Å². The number of carbonyl (C=O) groups is 19. The molecule has 5 heterocycles. The molecule has 45 heteroatoms. The minimum Gasteiger partial charge on any atom is -0.508 e. The molecule has 5 saturated heterocycles. The average Bonchev–Trinajstić information content (AvgIpc) is 1.63. The predicted octanol–water partition coefficient (Wildman–Crippen LogP) is -8.74. The van der Waals surface area contributed by atoms with Crippen LogP contribution in [0.2, 0.25) is 0 Å². The molecule has 1 aromatic carbocycles. The van der Waals surface area contributed by atoms with E-state index in [0.717, 1.165) is 55.0 Å². The van der Waals surface area contributed by atoms with Crippen LogP contribution in [0.15, 0.2) is 24.3 Å². The molecule has 606 valence electrons. The van der Waals surface area contributed by atoms with Gasteiger partial charge in [0.1, 0.15) is 96.4 Å². The number of nitrogens with one attached hydrogen (secondary N) is 12. The number of phenols is 1. The molecule has 110 heavy (non-hydrogen) atoms. The number of benzene rings is 1. The number of hydrogen-bond acceptors (Lipinski definition) is 26. The maximum atomic E-state index is 14.7. The lowest BCUT2D eigenvalue weighted by Crippen LogP contribution is -2.61. The summed E-state index contributed by atoms with van der Waals surface area (Å²) in [5.74, 6) is -23.2.